The minimum atomic E-state index is -0.991. The topological polar surface area (TPSA) is 103 Å². The van der Waals surface area contributed by atoms with Crippen molar-refractivity contribution in [2.75, 3.05) is 44.3 Å². The minimum absolute atomic E-state index is 0.119. The van der Waals surface area contributed by atoms with Gasteiger partial charge in [-0.05, 0) is 18.6 Å². The first-order valence-electron chi connectivity index (χ1n) is 13.1. The van der Waals surface area contributed by atoms with Gasteiger partial charge in [0.15, 0.2) is 17.0 Å². The summed E-state index contributed by atoms with van der Waals surface area (Å²) in [5.74, 6) is 1.55. The summed E-state index contributed by atoms with van der Waals surface area (Å²) in [6.45, 7) is 5.54. The number of nitrogens with zero attached hydrogens (tertiary/aromatic N) is 8. The number of para-hydroxylation sites is 2. The second kappa shape index (κ2) is 8.90. The molecule has 5 heterocycles. The van der Waals surface area contributed by atoms with E-state index in [1.165, 1.54) is 0 Å². The highest BCUT2D eigenvalue weighted by Gasteiger charge is 2.48. The molecule has 0 bridgehead atoms. The fraction of sp³-hybridized carbons (Fsp3) is 0.500. The molecule has 3 aromatic heterocycles. The SMILES string of the molecule is CCc1nc2ccccc2n1-c1nc(N2CCOCC2)c2nc(OC3CN(C(=O)C4C[C@H]4F)C3)n(C)c2n1. The van der Waals surface area contributed by atoms with Crippen LogP contribution in [0, 0.1) is 5.92 Å². The molecule has 0 N–H and O–H groups in total. The fourth-order valence-electron chi connectivity index (χ4n) is 5.25. The van der Waals surface area contributed by atoms with Gasteiger partial charge in [-0.15, -0.1) is 0 Å². The van der Waals surface area contributed by atoms with Crippen LogP contribution in [0.25, 0.3) is 28.1 Å². The Hall–Kier alpha value is -3.80. The first kappa shape index (κ1) is 23.3. The number of aromatic nitrogens is 6. The van der Waals surface area contributed by atoms with Crippen molar-refractivity contribution in [1.29, 1.82) is 0 Å². The van der Waals surface area contributed by atoms with E-state index in [2.05, 4.69) is 11.8 Å². The van der Waals surface area contributed by atoms with E-state index in [1.54, 1.807) is 4.90 Å². The Kier molecular flexibility index (Phi) is 5.46. The Balaban J connectivity index is 1.27. The Bertz CT molecular complexity index is 1540. The molecule has 0 spiro atoms. The van der Waals surface area contributed by atoms with E-state index < -0.39 is 12.1 Å². The van der Waals surface area contributed by atoms with Crippen LogP contribution in [-0.2, 0) is 23.0 Å². The molecule has 4 aromatic rings. The molecular formula is C26H29FN8O3. The molecule has 1 amide bonds. The Morgan fingerprint density at radius 3 is 2.63 bits per heavy atom. The van der Waals surface area contributed by atoms with Crippen LogP contribution in [0.2, 0.25) is 0 Å². The number of aryl methyl sites for hydroxylation is 2. The van der Waals surface area contributed by atoms with Crippen LogP contribution < -0.4 is 9.64 Å². The zero-order chi connectivity index (χ0) is 26.0. The molecule has 3 fully saturated rings. The number of anilines is 1. The third-order valence-corrected chi connectivity index (χ3v) is 7.57. The van der Waals surface area contributed by atoms with Crippen molar-refractivity contribution in [2.24, 2.45) is 13.0 Å². The Labute approximate surface area is 218 Å². The number of benzene rings is 1. The van der Waals surface area contributed by atoms with Gasteiger partial charge in [-0.1, -0.05) is 19.1 Å². The van der Waals surface area contributed by atoms with Crippen molar-refractivity contribution in [3.63, 3.8) is 0 Å². The number of fused-ring (bicyclic) bond motifs is 2. The number of imidazole rings is 2. The van der Waals surface area contributed by atoms with Gasteiger partial charge in [-0.25, -0.2) is 9.37 Å². The molecule has 12 heteroatoms. The number of likely N-dealkylation sites (tertiary alicyclic amines) is 1. The van der Waals surface area contributed by atoms with Crippen molar-refractivity contribution in [3.8, 4) is 12.0 Å². The monoisotopic (exact) mass is 520 g/mol. The number of halogens is 1. The number of hydrogen-bond donors (Lipinski definition) is 0. The predicted molar refractivity (Wildman–Crippen MR) is 137 cm³/mol. The number of carbonyl (C=O) groups is 1. The maximum Gasteiger partial charge on any atom is 0.298 e. The van der Waals surface area contributed by atoms with Gasteiger partial charge in [-0.2, -0.15) is 15.0 Å². The van der Waals surface area contributed by atoms with Gasteiger partial charge in [0, 0.05) is 26.6 Å². The lowest BCUT2D eigenvalue weighted by molar-refractivity contribution is -0.142. The van der Waals surface area contributed by atoms with Crippen LogP contribution >= 0.6 is 0 Å². The Morgan fingerprint density at radius 2 is 1.89 bits per heavy atom. The summed E-state index contributed by atoms with van der Waals surface area (Å²) in [7, 11) is 1.87. The quantitative estimate of drug-likeness (QED) is 0.381. The molecule has 1 saturated carbocycles. The molecule has 1 aromatic carbocycles. The molecular weight excluding hydrogens is 491 g/mol. The van der Waals surface area contributed by atoms with Crippen LogP contribution in [0.4, 0.5) is 10.2 Å². The summed E-state index contributed by atoms with van der Waals surface area (Å²) < 4.78 is 28.9. The largest absolute Gasteiger partial charge is 0.458 e. The predicted octanol–water partition coefficient (Wildman–Crippen LogP) is 2.05. The van der Waals surface area contributed by atoms with Crippen LogP contribution in [0.15, 0.2) is 24.3 Å². The van der Waals surface area contributed by atoms with Crippen molar-refractivity contribution >= 4 is 33.9 Å². The van der Waals surface area contributed by atoms with E-state index in [0.29, 0.717) is 68.9 Å². The molecule has 38 heavy (non-hydrogen) atoms. The number of ether oxygens (including phenoxy) is 2. The van der Waals surface area contributed by atoms with Gasteiger partial charge < -0.3 is 19.3 Å². The van der Waals surface area contributed by atoms with E-state index in [1.807, 2.05) is 40.4 Å². The molecule has 2 saturated heterocycles. The first-order chi connectivity index (χ1) is 18.5. The van der Waals surface area contributed by atoms with E-state index >= 15 is 0 Å². The highest BCUT2D eigenvalue weighted by molar-refractivity contribution is 5.86. The number of alkyl halides is 1. The maximum absolute atomic E-state index is 13.3. The fourth-order valence-corrected chi connectivity index (χ4v) is 5.25. The van der Waals surface area contributed by atoms with E-state index in [4.69, 9.17) is 29.4 Å². The van der Waals surface area contributed by atoms with E-state index in [9.17, 15) is 9.18 Å². The second-order valence-electron chi connectivity index (χ2n) is 10.1. The maximum atomic E-state index is 13.3. The molecule has 2 atom stereocenters. The highest BCUT2D eigenvalue weighted by atomic mass is 19.1. The van der Waals surface area contributed by atoms with Gasteiger partial charge in [0.05, 0.1) is 43.3 Å². The van der Waals surface area contributed by atoms with Gasteiger partial charge in [-0.3, -0.25) is 13.9 Å². The molecule has 198 valence electrons. The molecule has 3 aliphatic rings. The zero-order valence-corrected chi connectivity index (χ0v) is 21.4. The average molecular weight is 521 g/mol. The molecule has 7 rings (SSSR count). The summed E-state index contributed by atoms with van der Waals surface area (Å²) in [5, 5.41) is 0. The van der Waals surface area contributed by atoms with Gasteiger partial charge >= 0.3 is 0 Å². The normalized spacial score (nSPS) is 21.8. The third kappa shape index (κ3) is 3.77. The summed E-state index contributed by atoms with van der Waals surface area (Å²) in [6.07, 6.45) is -0.128. The molecule has 11 nitrogen and oxygen atoms in total. The van der Waals surface area contributed by atoms with Crippen molar-refractivity contribution in [3.05, 3.63) is 30.1 Å². The number of hydrogen-bond acceptors (Lipinski definition) is 8. The highest BCUT2D eigenvalue weighted by Crippen LogP contribution is 2.37. The van der Waals surface area contributed by atoms with Crippen LogP contribution in [-0.4, -0.2) is 91.5 Å². The summed E-state index contributed by atoms with van der Waals surface area (Å²) >= 11 is 0. The van der Waals surface area contributed by atoms with E-state index in [-0.39, 0.29) is 12.0 Å². The van der Waals surface area contributed by atoms with Crippen molar-refractivity contribution in [1.82, 2.24) is 34.0 Å². The molecule has 2 aliphatic heterocycles. The lowest BCUT2D eigenvalue weighted by atomic mass is 10.1. The lowest BCUT2D eigenvalue weighted by Crippen LogP contribution is -2.57. The molecule has 1 unspecified atom stereocenters. The molecule has 0 radical (unpaired) electrons. The summed E-state index contributed by atoms with van der Waals surface area (Å²) in [5.41, 5.74) is 3.14. The van der Waals surface area contributed by atoms with Crippen LogP contribution in [0.1, 0.15) is 19.2 Å². The van der Waals surface area contributed by atoms with Crippen LogP contribution in [0.3, 0.4) is 0 Å². The minimum Gasteiger partial charge on any atom is -0.458 e. The van der Waals surface area contributed by atoms with Gasteiger partial charge in [0.1, 0.15) is 18.1 Å². The number of carbonyl (C=O) groups excluding carboxylic acids is 1. The molecule has 1 aliphatic carbocycles. The first-order valence-corrected chi connectivity index (χ1v) is 13.1. The van der Waals surface area contributed by atoms with Gasteiger partial charge in [0.2, 0.25) is 11.9 Å². The standard InChI is InChI=1S/C26H29FN8O3/c1-3-20-28-18-6-4-5-7-19(18)35(20)25-30-22-21(23(31-25)33-8-10-37-11-9-33)29-26(32(22)2)38-15-13-34(14-15)24(36)16-12-17(16)27/h4-7,15-17H,3,8-14H2,1-2H3/t16?,17-/m1/s1. The smallest absolute Gasteiger partial charge is 0.298 e. The lowest BCUT2D eigenvalue weighted by Gasteiger charge is -2.38. The zero-order valence-electron chi connectivity index (χ0n) is 21.4. The second-order valence-corrected chi connectivity index (χ2v) is 10.1. The van der Waals surface area contributed by atoms with Crippen molar-refractivity contribution in [2.45, 2.75) is 32.0 Å². The number of amides is 1. The number of rotatable bonds is 6. The van der Waals surface area contributed by atoms with Gasteiger partial charge in [0.25, 0.3) is 6.01 Å². The van der Waals surface area contributed by atoms with Crippen LogP contribution in [0.5, 0.6) is 6.01 Å². The Morgan fingerprint density at radius 1 is 1.13 bits per heavy atom. The summed E-state index contributed by atoms with van der Waals surface area (Å²) in [6, 6.07) is 8.40. The van der Waals surface area contributed by atoms with Crippen molar-refractivity contribution < 1.29 is 18.7 Å². The van der Waals surface area contributed by atoms with E-state index in [0.717, 1.165) is 29.1 Å². The average Bonchev–Trinajstić information content (AvgIpc) is 3.41. The number of morpholine rings is 1. The summed E-state index contributed by atoms with van der Waals surface area (Å²) in [4.78, 5) is 35.7. The third-order valence-electron chi connectivity index (χ3n) is 7.57.